The molecule has 0 aliphatic heterocycles. The van der Waals surface area contributed by atoms with Gasteiger partial charge in [0.2, 0.25) is 0 Å². The molecule has 6 heteroatoms. The van der Waals surface area contributed by atoms with Gasteiger partial charge in [-0.1, -0.05) is 30.3 Å². The Balaban J connectivity index is 1.76. The van der Waals surface area contributed by atoms with Gasteiger partial charge in [-0.05, 0) is 45.3 Å². The lowest BCUT2D eigenvalue weighted by molar-refractivity contribution is 0.425. The maximum absolute atomic E-state index is 6.01. The van der Waals surface area contributed by atoms with Crippen molar-refractivity contribution in [3.8, 4) is 11.5 Å². The van der Waals surface area contributed by atoms with Gasteiger partial charge in [-0.15, -0.1) is 0 Å². The van der Waals surface area contributed by atoms with Crippen LogP contribution in [-0.2, 0) is 0 Å². The molecule has 0 aliphatic carbocycles. The first kappa shape index (κ1) is 18.7. The van der Waals surface area contributed by atoms with E-state index in [1.54, 1.807) is 0 Å². The Bertz CT molecular complexity index is 867. The molecule has 0 unspecified atom stereocenters. The van der Waals surface area contributed by atoms with Gasteiger partial charge in [-0.25, -0.2) is 9.97 Å². The summed E-state index contributed by atoms with van der Waals surface area (Å²) in [5, 5.41) is 6.68. The number of nitrogens with one attached hydrogen (secondary N) is 2. The molecule has 3 rings (SSSR count). The van der Waals surface area contributed by atoms with E-state index in [1.807, 2.05) is 81.7 Å². The van der Waals surface area contributed by atoms with Gasteiger partial charge in [0.05, 0.1) is 5.69 Å². The van der Waals surface area contributed by atoms with E-state index >= 15 is 0 Å². The standard InChI is InChI=1S/C21H25N5O/c1-16-23-20(22-13-14-26(2)3)15-21(24-16)25-18-11-7-8-12-19(18)27-17-9-5-4-6-10-17/h4-12,15H,13-14H2,1-3H3,(H2,22,23,24,25). The van der Waals surface area contributed by atoms with Gasteiger partial charge >= 0.3 is 0 Å². The van der Waals surface area contributed by atoms with Crippen LogP contribution < -0.4 is 15.4 Å². The zero-order valence-corrected chi connectivity index (χ0v) is 15.9. The minimum atomic E-state index is 0.703. The lowest BCUT2D eigenvalue weighted by atomic mass is 10.3. The molecule has 1 aromatic heterocycles. The summed E-state index contributed by atoms with van der Waals surface area (Å²) < 4.78 is 6.01. The van der Waals surface area contributed by atoms with Gasteiger partial charge in [-0.3, -0.25) is 0 Å². The summed E-state index contributed by atoms with van der Waals surface area (Å²) in [6.45, 7) is 3.63. The third kappa shape index (κ3) is 5.69. The van der Waals surface area contributed by atoms with Crippen LogP contribution in [0.2, 0.25) is 0 Å². The minimum absolute atomic E-state index is 0.703. The first-order chi connectivity index (χ1) is 13.1. The van der Waals surface area contributed by atoms with Crippen LogP contribution in [0.15, 0.2) is 60.7 Å². The molecule has 6 nitrogen and oxygen atoms in total. The smallest absolute Gasteiger partial charge is 0.150 e. The molecule has 1 heterocycles. The molecule has 2 N–H and O–H groups in total. The van der Waals surface area contributed by atoms with Crippen molar-refractivity contribution in [1.82, 2.24) is 14.9 Å². The van der Waals surface area contributed by atoms with Gasteiger partial charge in [-0.2, -0.15) is 0 Å². The van der Waals surface area contributed by atoms with E-state index in [0.717, 1.165) is 41.9 Å². The maximum atomic E-state index is 6.01. The molecule has 0 atom stereocenters. The normalized spacial score (nSPS) is 10.7. The molecule has 0 radical (unpaired) electrons. The minimum Gasteiger partial charge on any atom is -0.455 e. The highest BCUT2D eigenvalue weighted by atomic mass is 16.5. The number of aromatic nitrogens is 2. The lowest BCUT2D eigenvalue weighted by Crippen LogP contribution is -2.21. The summed E-state index contributed by atoms with van der Waals surface area (Å²) >= 11 is 0. The number of anilines is 3. The van der Waals surface area contributed by atoms with Gasteiger partial charge < -0.3 is 20.3 Å². The molecule has 27 heavy (non-hydrogen) atoms. The fourth-order valence-corrected chi connectivity index (χ4v) is 2.54. The average molecular weight is 363 g/mol. The van der Waals surface area contributed by atoms with Crippen molar-refractivity contribution in [2.24, 2.45) is 0 Å². The van der Waals surface area contributed by atoms with Gasteiger partial charge in [0.25, 0.3) is 0 Å². The number of para-hydroxylation sites is 3. The second-order valence-electron chi connectivity index (χ2n) is 6.45. The third-order valence-electron chi connectivity index (χ3n) is 3.82. The van der Waals surface area contributed by atoms with Crippen molar-refractivity contribution in [3.05, 3.63) is 66.5 Å². The number of hydrogen-bond acceptors (Lipinski definition) is 6. The lowest BCUT2D eigenvalue weighted by Gasteiger charge is -2.14. The van der Waals surface area contributed by atoms with Crippen molar-refractivity contribution in [2.45, 2.75) is 6.92 Å². The highest BCUT2D eigenvalue weighted by Crippen LogP contribution is 2.31. The van der Waals surface area contributed by atoms with E-state index in [-0.39, 0.29) is 0 Å². The Kier molecular flexibility index (Phi) is 6.22. The summed E-state index contributed by atoms with van der Waals surface area (Å²) in [6, 6.07) is 19.4. The van der Waals surface area contributed by atoms with Crippen molar-refractivity contribution < 1.29 is 4.74 Å². The van der Waals surface area contributed by atoms with Gasteiger partial charge in [0.15, 0.2) is 5.75 Å². The van der Waals surface area contributed by atoms with Crippen LogP contribution in [0.25, 0.3) is 0 Å². The second-order valence-corrected chi connectivity index (χ2v) is 6.45. The molecule has 0 amide bonds. The van der Waals surface area contributed by atoms with Crippen molar-refractivity contribution in [3.63, 3.8) is 0 Å². The van der Waals surface area contributed by atoms with E-state index in [1.165, 1.54) is 0 Å². The van der Waals surface area contributed by atoms with Crippen LogP contribution in [0.3, 0.4) is 0 Å². The van der Waals surface area contributed by atoms with Crippen LogP contribution >= 0.6 is 0 Å². The fraction of sp³-hybridized carbons (Fsp3) is 0.238. The van der Waals surface area contributed by atoms with E-state index in [9.17, 15) is 0 Å². The Morgan fingerprint density at radius 1 is 0.926 bits per heavy atom. The topological polar surface area (TPSA) is 62.3 Å². The van der Waals surface area contributed by atoms with Crippen LogP contribution in [0.5, 0.6) is 11.5 Å². The largest absolute Gasteiger partial charge is 0.455 e. The average Bonchev–Trinajstić information content (AvgIpc) is 2.63. The molecule has 3 aromatic rings. The molecular formula is C21H25N5O. The predicted molar refractivity (Wildman–Crippen MR) is 110 cm³/mol. The first-order valence-electron chi connectivity index (χ1n) is 8.93. The van der Waals surface area contributed by atoms with Crippen LogP contribution in [-0.4, -0.2) is 42.1 Å². The van der Waals surface area contributed by atoms with E-state index < -0.39 is 0 Å². The monoisotopic (exact) mass is 363 g/mol. The highest BCUT2D eigenvalue weighted by Gasteiger charge is 2.08. The SMILES string of the molecule is Cc1nc(NCCN(C)C)cc(Nc2ccccc2Oc2ccccc2)n1. The number of aryl methyl sites for hydroxylation is 1. The van der Waals surface area contributed by atoms with Crippen molar-refractivity contribution in [2.75, 3.05) is 37.8 Å². The van der Waals surface area contributed by atoms with E-state index in [0.29, 0.717) is 5.82 Å². The number of ether oxygens (including phenoxy) is 1. The number of nitrogens with zero attached hydrogens (tertiary/aromatic N) is 3. The summed E-state index contributed by atoms with van der Waals surface area (Å²) in [5.41, 5.74) is 0.846. The van der Waals surface area contributed by atoms with E-state index in [4.69, 9.17) is 4.74 Å². The Hall–Kier alpha value is -3.12. The zero-order valence-electron chi connectivity index (χ0n) is 15.9. The molecule has 2 aromatic carbocycles. The molecular weight excluding hydrogens is 338 g/mol. The zero-order chi connectivity index (χ0) is 19.1. The number of benzene rings is 2. The van der Waals surface area contributed by atoms with Crippen LogP contribution in [0, 0.1) is 6.92 Å². The Labute approximate surface area is 160 Å². The van der Waals surface area contributed by atoms with Crippen molar-refractivity contribution in [1.29, 1.82) is 0 Å². The molecule has 0 aliphatic rings. The quantitative estimate of drug-likeness (QED) is 0.622. The molecule has 0 saturated carbocycles. The Morgan fingerprint density at radius 3 is 2.41 bits per heavy atom. The summed E-state index contributed by atoms with van der Waals surface area (Å²) in [4.78, 5) is 11.1. The number of likely N-dealkylation sites (N-methyl/N-ethyl adjacent to an activating group) is 1. The highest BCUT2D eigenvalue weighted by molar-refractivity contribution is 5.66. The van der Waals surface area contributed by atoms with Crippen LogP contribution in [0.4, 0.5) is 17.3 Å². The van der Waals surface area contributed by atoms with Gasteiger partial charge in [0.1, 0.15) is 23.2 Å². The van der Waals surface area contributed by atoms with Gasteiger partial charge in [0, 0.05) is 19.2 Å². The van der Waals surface area contributed by atoms with E-state index in [2.05, 4.69) is 25.5 Å². The fourth-order valence-electron chi connectivity index (χ4n) is 2.54. The Morgan fingerprint density at radius 2 is 1.63 bits per heavy atom. The first-order valence-corrected chi connectivity index (χ1v) is 8.93. The molecule has 0 bridgehead atoms. The molecule has 0 spiro atoms. The maximum Gasteiger partial charge on any atom is 0.150 e. The summed E-state index contributed by atoms with van der Waals surface area (Å²) in [5.74, 6) is 3.75. The molecule has 140 valence electrons. The third-order valence-corrected chi connectivity index (χ3v) is 3.82. The molecule has 0 saturated heterocycles. The van der Waals surface area contributed by atoms with Crippen LogP contribution in [0.1, 0.15) is 5.82 Å². The molecule has 0 fully saturated rings. The van der Waals surface area contributed by atoms with Crippen molar-refractivity contribution >= 4 is 17.3 Å². The summed E-state index contributed by atoms with van der Waals surface area (Å²) in [6.07, 6.45) is 0. The number of hydrogen-bond donors (Lipinski definition) is 2. The number of rotatable bonds is 8. The predicted octanol–water partition coefficient (Wildman–Crippen LogP) is 4.29. The second kappa shape index (κ2) is 9.00. The summed E-state index contributed by atoms with van der Waals surface area (Å²) in [7, 11) is 4.09.